The van der Waals surface area contributed by atoms with Gasteiger partial charge in [-0.25, -0.2) is 13.6 Å². The highest BCUT2D eigenvalue weighted by atomic mass is 32.2. The third-order valence-electron chi connectivity index (χ3n) is 3.56. The van der Waals surface area contributed by atoms with Crippen LogP contribution in [0, 0.1) is 0 Å². The van der Waals surface area contributed by atoms with E-state index in [-0.39, 0.29) is 4.90 Å². The summed E-state index contributed by atoms with van der Waals surface area (Å²) in [5, 5.41) is 9.32. The summed E-state index contributed by atoms with van der Waals surface area (Å²) in [5.41, 5.74) is 0.958. The van der Waals surface area contributed by atoms with Gasteiger partial charge >= 0.3 is 0 Å². The van der Waals surface area contributed by atoms with Crippen LogP contribution in [0.3, 0.4) is 0 Å². The molecule has 0 amide bonds. The van der Waals surface area contributed by atoms with Gasteiger partial charge in [0.25, 0.3) is 0 Å². The normalized spacial score (nSPS) is 24.1. The molecule has 106 valence electrons. The summed E-state index contributed by atoms with van der Waals surface area (Å²) >= 11 is 1.95. The van der Waals surface area contributed by atoms with Crippen LogP contribution in [0.5, 0.6) is 0 Å². The Labute approximate surface area is 119 Å². The quantitative estimate of drug-likeness (QED) is 0.895. The Morgan fingerprint density at radius 3 is 2.21 bits per heavy atom. The van der Waals surface area contributed by atoms with Crippen LogP contribution in [0.15, 0.2) is 29.2 Å². The van der Waals surface area contributed by atoms with Gasteiger partial charge in [0, 0.05) is 17.0 Å². The van der Waals surface area contributed by atoms with Crippen molar-refractivity contribution >= 4 is 27.5 Å². The minimum absolute atomic E-state index is 0.157. The highest BCUT2D eigenvalue weighted by Gasteiger charge is 2.20. The largest absolute Gasteiger partial charge is 0.382 e. The number of benzene rings is 1. The van der Waals surface area contributed by atoms with E-state index in [2.05, 4.69) is 11.6 Å². The van der Waals surface area contributed by atoms with Crippen LogP contribution in [0.25, 0.3) is 0 Å². The number of hydrogen-bond donors (Lipinski definition) is 2. The fourth-order valence-corrected chi connectivity index (χ4v) is 3.68. The molecule has 1 aliphatic carbocycles. The number of nitrogens with one attached hydrogen (secondary N) is 1. The maximum Gasteiger partial charge on any atom is 0.238 e. The van der Waals surface area contributed by atoms with Crippen molar-refractivity contribution in [3.63, 3.8) is 0 Å². The fraction of sp³-hybridized carbons (Fsp3) is 0.538. The van der Waals surface area contributed by atoms with Crippen LogP contribution < -0.4 is 10.5 Å². The number of sulfonamides is 1. The molecule has 0 aliphatic heterocycles. The fourth-order valence-electron chi connectivity index (χ4n) is 2.42. The van der Waals surface area contributed by atoms with E-state index in [0.717, 1.165) is 10.9 Å². The maximum atomic E-state index is 11.2. The molecule has 2 rings (SSSR count). The molecule has 19 heavy (non-hydrogen) atoms. The lowest BCUT2D eigenvalue weighted by atomic mass is 9.95. The first-order valence-electron chi connectivity index (χ1n) is 6.41. The lowest BCUT2D eigenvalue weighted by Gasteiger charge is -2.28. The summed E-state index contributed by atoms with van der Waals surface area (Å²) in [6.07, 6.45) is 7.00. The van der Waals surface area contributed by atoms with Crippen molar-refractivity contribution in [2.75, 3.05) is 11.6 Å². The number of rotatable bonds is 4. The van der Waals surface area contributed by atoms with E-state index < -0.39 is 10.0 Å². The van der Waals surface area contributed by atoms with Crippen molar-refractivity contribution in [3.05, 3.63) is 24.3 Å². The number of hydrogen-bond acceptors (Lipinski definition) is 4. The molecule has 0 atom stereocenters. The number of nitrogens with two attached hydrogens (primary N) is 1. The maximum absolute atomic E-state index is 11.2. The molecular formula is C13H20N2O2S2. The van der Waals surface area contributed by atoms with Crippen LogP contribution >= 0.6 is 11.8 Å². The number of thioether (sulfide) groups is 1. The zero-order valence-electron chi connectivity index (χ0n) is 11.0. The van der Waals surface area contributed by atoms with Crippen molar-refractivity contribution in [1.82, 2.24) is 0 Å². The van der Waals surface area contributed by atoms with Crippen LogP contribution in [0.1, 0.15) is 25.7 Å². The predicted octanol–water partition coefficient (Wildman–Crippen LogP) is 2.42. The Balaban J connectivity index is 1.94. The molecule has 0 radical (unpaired) electrons. The summed E-state index contributed by atoms with van der Waals surface area (Å²) in [7, 11) is -3.59. The molecule has 0 heterocycles. The second-order valence-corrected chi connectivity index (χ2v) is 7.62. The topological polar surface area (TPSA) is 72.2 Å². The van der Waals surface area contributed by atoms with Crippen molar-refractivity contribution in [3.8, 4) is 0 Å². The van der Waals surface area contributed by atoms with E-state index in [1.807, 2.05) is 11.8 Å². The third-order valence-corrected chi connectivity index (χ3v) is 5.63. The molecule has 1 aliphatic rings. The monoisotopic (exact) mass is 300 g/mol. The van der Waals surface area contributed by atoms with Gasteiger partial charge in [0.05, 0.1) is 4.90 Å². The van der Waals surface area contributed by atoms with Crippen LogP contribution in [0.2, 0.25) is 0 Å². The van der Waals surface area contributed by atoms with Gasteiger partial charge in [0.15, 0.2) is 0 Å². The number of anilines is 1. The Kier molecular flexibility index (Phi) is 4.76. The summed E-state index contributed by atoms with van der Waals surface area (Å²) in [6, 6.07) is 7.14. The van der Waals surface area contributed by atoms with E-state index >= 15 is 0 Å². The Morgan fingerprint density at radius 1 is 1.16 bits per heavy atom. The standard InChI is InChI=1S/C13H20N2O2S2/c1-18-12-6-2-10(3-7-12)15-11-4-8-13(9-5-11)19(14,16)17/h4-5,8-10,12,15H,2-3,6-7H2,1H3,(H2,14,16,17). The molecule has 1 aromatic rings. The Hall–Kier alpha value is -0.720. The van der Waals surface area contributed by atoms with E-state index in [0.29, 0.717) is 6.04 Å². The molecular weight excluding hydrogens is 280 g/mol. The molecule has 0 bridgehead atoms. The van der Waals surface area contributed by atoms with Gasteiger partial charge in [-0.1, -0.05) is 0 Å². The first-order chi connectivity index (χ1) is 8.99. The molecule has 1 fully saturated rings. The van der Waals surface area contributed by atoms with E-state index in [9.17, 15) is 8.42 Å². The van der Waals surface area contributed by atoms with Crippen LogP contribution in [-0.4, -0.2) is 26.0 Å². The smallest absolute Gasteiger partial charge is 0.238 e. The number of primary sulfonamides is 1. The van der Waals surface area contributed by atoms with Crippen molar-refractivity contribution in [2.45, 2.75) is 41.9 Å². The molecule has 1 saturated carbocycles. The zero-order valence-corrected chi connectivity index (χ0v) is 12.6. The van der Waals surface area contributed by atoms with Gasteiger partial charge in [0.2, 0.25) is 10.0 Å². The summed E-state index contributed by atoms with van der Waals surface area (Å²) in [5.74, 6) is 0. The van der Waals surface area contributed by atoms with Gasteiger partial charge in [-0.3, -0.25) is 0 Å². The van der Waals surface area contributed by atoms with Gasteiger partial charge in [-0.05, 0) is 56.2 Å². The molecule has 0 saturated heterocycles. The second-order valence-electron chi connectivity index (χ2n) is 4.92. The van der Waals surface area contributed by atoms with Crippen LogP contribution in [0.4, 0.5) is 5.69 Å². The minimum atomic E-state index is -3.59. The van der Waals surface area contributed by atoms with Gasteiger partial charge < -0.3 is 5.32 Å². The SMILES string of the molecule is CSC1CCC(Nc2ccc(S(N)(=O)=O)cc2)CC1. The van der Waals surface area contributed by atoms with Crippen molar-refractivity contribution in [2.24, 2.45) is 5.14 Å². The van der Waals surface area contributed by atoms with E-state index in [4.69, 9.17) is 5.14 Å². The third kappa shape index (κ3) is 4.12. The summed E-state index contributed by atoms with van der Waals surface area (Å²) < 4.78 is 22.3. The van der Waals surface area contributed by atoms with E-state index in [1.54, 1.807) is 24.3 Å². The molecule has 0 unspecified atom stereocenters. The second kappa shape index (κ2) is 6.15. The molecule has 0 spiro atoms. The van der Waals surface area contributed by atoms with Gasteiger partial charge in [-0.2, -0.15) is 11.8 Å². The lowest BCUT2D eigenvalue weighted by Crippen LogP contribution is -2.27. The van der Waals surface area contributed by atoms with Gasteiger partial charge in [-0.15, -0.1) is 0 Å². The average molecular weight is 300 g/mol. The Bertz CT molecular complexity index is 506. The lowest BCUT2D eigenvalue weighted by molar-refractivity contribution is 0.473. The predicted molar refractivity (Wildman–Crippen MR) is 81.0 cm³/mol. The average Bonchev–Trinajstić information content (AvgIpc) is 2.39. The van der Waals surface area contributed by atoms with Crippen molar-refractivity contribution in [1.29, 1.82) is 0 Å². The molecule has 1 aromatic carbocycles. The molecule has 6 heteroatoms. The molecule has 3 N–H and O–H groups in total. The zero-order chi connectivity index (χ0) is 13.9. The minimum Gasteiger partial charge on any atom is -0.382 e. The molecule has 0 aromatic heterocycles. The first-order valence-corrected chi connectivity index (χ1v) is 9.24. The van der Waals surface area contributed by atoms with E-state index in [1.165, 1.54) is 25.7 Å². The highest BCUT2D eigenvalue weighted by Crippen LogP contribution is 2.28. The first kappa shape index (κ1) is 14.7. The van der Waals surface area contributed by atoms with Crippen LogP contribution in [-0.2, 0) is 10.0 Å². The van der Waals surface area contributed by atoms with Gasteiger partial charge in [0.1, 0.15) is 0 Å². The highest BCUT2D eigenvalue weighted by molar-refractivity contribution is 7.99. The summed E-state index contributed by atoms with van der Waals surface area (Å²) in [6.45, 7) is 0. The molecule has 4 nitrogen and oxygen atoms in total. The Morgan fingerprint density at radius 2 is 1.74 bits per heavy atom. The van der Waals surface area contributed by atoms with Crippen molar-refractivity contribution < 1.29 is 8.42 Å². The summed E-state index contributed by atoms with van der Waals surface area (Å²) in [4.78, 5) is 0.157.